The van der Waals surface area contributed by atoms with Crippen LogP contribution in [0.25, 0.3) is 0 Å². The molecule has 0 aliphatic carbocycles. The third-order valence-electron chi connectivity index (χ3n) is 5.23. The number of nitrogens with zero attached hydrogens (tertiary/aromatic N) is 1. The Hall–Kier alpha value is -2.13. The molecule has 2 aromatic carbocycles. The first-order valence-electron chi connectivity index (χ1n) is 9.77. The molecule has 3 nitrogen and oxygen atoms in total. The molecule has 1 N–H and O–H groups in total. The number of carbonyl (C=O) groups excluding carboxylic acids is 1. The zero-order chi connectivity index (χ0) is 18.5. The maximum Gasteiger partial charge on any atom is 0.256 e. The third-order valence-corrected chi connectivity index (χ3v) is 5.23. The van der Waals surface area contributed by atoms with Gasteiger partial charge in [0.05, 0.1) is 0 Å². The van der Waals surface area contributed by atoms with Gasteiger partial charge in [-0.2, -0.15) is 0 Å². The van der Waals surface area contributed by atoms with E-state index in [4.69, 9.17) is 0 Å². The molecule has 0 radical (unpaired) electrons. The van der Waals surface area contributed by atoms with Gasteiger partial charge in [-0.3, -0.25) is 10.1 Å². The van der Waals surface area contributed by atoms with Gasteiger partial charge in [0.2, 0.25) is 0 Å². The van der Waals surface area contributed by atoms with E-state index >= 15 is 0 Å². The average Bonchev–Trinajstić information content (AvgIpc) is 2.93. The summed E-state index contributed by atoms with van der Waals surface area (Å²) in [5.41, 5.74) is 3.29. The van der Waals surface area contributed by atoms with Crippen molar-refractivity contribution in [3.8, 4) is 0 Å². The van der Waals surface area contributed by atoms with E-state index in [1.807, 2.05) is 29.2 Å². The van der Waals surface area contributed by atoms with Crippen LogP contribution in [0.4, 0.5) is 0 Å². The highest BCUT2D eigenvalue weighted by Crippen LogP contribution is 2.34. The molecule has 0 fully saturated rings. The lowest BCUT2D eigenvalue weighted by Crippen LogP contribution is -2.43. The fourth-order valence-corrected chi connectivity index (χ4v) is 3.67. The summed E-state index contributed by atoms with van der Waals surface area (Å²) in [4.78, 5) is 15.1. The molecule has 0 aromatic heterocycles. The Morgan fingerprint density at radius 2 is 1.65 bits per heavy atom. The van der Waals surface area contributed by atoms with Gasteiger partial charge in [-0.15, -0.1) is 0 Å². The van der Waals surface area contributed by atoms with E-state index in [1.165, 1.54) is 5.56 Å². The maximum absolute atomic E-state index is 13.0. The van der Waals surface area contributed by atoms with Crippen LogP contribution in [-0.2, 0) is 6.42 Å². The quantitative estimate of drug-likeness (QED) is 0.742. The lowest BCUT2D eigenvalue weighted by Gasteiger charge is -2.32. The second-order valence-electron chi connectivity index (χ2n) is 7.71. The molecule has 0 saturated heterocycles. The fourth-order valence-electron chi connectivity index (χ4n) is 3.67. The van der Waals surface area contributed by atoms with Crippen molar-refractivity contribution >= 4 is 5.91 Å². The second-order valence-corrected chi connectivity index (χ2v) is 7.71. The lowest BCUT2D eigenvalue weighted by atomic mass is 10.0. The van der Waals surface area contributed by atoms with E-state index in [2.05, 4.69) is 56.4 Å². The largest absolute Gasteiger partial charge is 0.316 e. The third kappa shape index (κ3) is 4.16. The zero-order valence-corrected chi connectivity index (χ0v) is 16.1. The number of hydrogen-bond donors (Lipinski definition) is 1. The number of benzene rings is 2. The van der Waals surface area contributed by atoms with E-state index in [0.29, 0.717) is 5.92 Å². The van der Waals surface area contributed by atoms with Crippen LogP contribution in [0, 0.1) is 5.92 Å². The minimum atomic E-state index is -0.0109. The summed E-state index contributed by atoms with van der Waals surface area (Å²) >= 11 is 0. The van der Waals surface area contributed by atoms with Gasteiger partial charge in [0.1, 0.15) is 6.17 Å². The van der Waals surface area contributed by atoms with Crippen LogP contribution < -0.4 is 5.32 Å². The van der Waals surface area contributed by atoms with Gasteiger partial charge in [-0.1, -0.05) is 62.4 Å². The normalized spacial score (nSPS) is 17.6. The van der Waals surface area contributed by atoms with E-state index in [1.54, 1.807) is 0 Å². The van der Waals surface area contributed by atoms with E-state index in [-0.39, 0.29) is 18.1 Å². The molecule has 2 aromatic rings. The van der Waals surface area contributed by atoms with Gasteiger partial charge in [0.15, 0.2) is 0 Å². The Kier molecular flexibility index (Phi) is 6.10. The van der Waals surface area contributed by atoms with Gasteiger partial charge in [0, 0.05) is 17.2 Å². The van der Waals surface area contributed by atoms with Crippen molar-refractivity contribution in [3.63, 3.8) is 0 Å². The van der Waals surface area contributed by atoms with Crippen molar-refractivity contribution in [2.45, 2.75) is 52.2 Å². The van der Waals surface area contributed by atoms with Gasteiger partial charge >= 0.3 is 0 Å². The summed E-state index contributed by atoms with van der Waals surface area (Å²) in [5.74, 6) is 0.807. The Morgan fingerprint density at radius 1 is 0.962 bits per heavy atom. The smallest absolute Gasteiger partial charge is 0.256 e. The Bertz CT molecular complexity index is 726. The molecule has 26 heavy (non-hydrogen) atoms. The van der Waals surface area contributed by atoms with Crippen LogP contribution in [-0.4, -0.2) is 23.4 Å². The fraction of sp³-hybridized carbons (Fsp3) is 0.435. The van der Waals surface area contributed by atoms with Crippen LogP contribution in [0.2, 0.25) is 0 Å². The highest BCUT2D eigenvalue weighted by Gasteiger charge is 2.38. The average molecular weight is 351 g/mol. The van der Waals surface area contributed by atoms with Crippen molar-refractivity contribution in [1.82, 2.24) is 10.2 Å². The summed E-state index contributed by atoms with van der Waals surface area (Å²) in [6.07, 6.45) is 3.05. The summed E-state index contributed by atoms with van der Waals surface area (Å²) in [5, 5.41) is 3.63. The second kappa shape index (κ2) is 8.50. The maximum atomic E-state index is 13.0. The van der Waals surface area contributed by atoms with Crippen molar-refractivity contribution in [2.24, 2.45) is 5.92 Å². The van der Waals surface area contributed by atoms with Crippen molar-refractivity contribution in [3.05, 3.63) is 71.3 Å². The van der Waals surface area contributed by atoms with Crippen molar-refractivity contribution in [2.75, 3.05) is 6.54 Å². The first kappa shape index (κ1) is 18.7. The van der Waals surface area contributed by atoms with Crippen LogP contribution in [0.1, 0.15) is 61.3 Å². The number of fused-ring (bicyclic) bond motifs is 1. The summed E-state index contributed by atoms with van der Waals surface area (Å²) in [7, 11) is 0. The predicted molar refractivity (Wildman–Crippen MR) is 107 cm³/mol. The SMILES string of the molecule is CC(C)CCNC1c2ccccc2C(=O)N1C(C)CCc1ccccc1. The first-order chi connectivity index (χ1) is 12.6. The molecule has 1 amide bonds. The van der Waals surface area contributed by atoms with Gasteiger partial charge in [-0.25, -0.2) is 0 Å². The number of nitrogens with one attached hydrogen (secondary N) is 1. The monoisotopic (exact) mass is 350 g/mol. The van der Waals surface area contributed by atoms with Crippen LogP contribution in [0.3, 0.4) is 0 Å². The lowest BCUT2D eigenvalue weighted by molar-refractivity contribution is 0.0592. The highest BCUT2D eigenvalue weighted by molar-refractivity contribution is 5.99. The molecular weight excluding hydrogens is 320 g/mol. The molecule has 3 heteroatoms. The molecule has 1 aliphatic heterocycles. The number of hydrogen-bond acceptors (Lipinski definition) is 2. The number of aryl methyl sites for hydroxylation is 1. The van der Waals surface area contributed by atoms with Gasteiger partial charge in [0.25, 0.3) is 5.91 Å². The van der Waals surface area contributed by atoms with Gasteiger partial charge < -0.3 is 4.90 Å². The minimum Gasteiger partial charge on any atom is -0.316 e. The van der Waals surface area contributed by atoms with Crippen molar-refractivity contribution in [1.29, 1.82) is 0 Å². The molecule has 138 valence electrons. The Labute approximate surface area is 157 Å². The Morgan fingerprint density at radius 3 is 2.38 bits per heavy atom. The topological polar surface area (TPSA) is 32.3 Å². The molecule has 2 atom stereocenters. The molecule has 1 heterocycles. The van der Waals surface area contributed by atoms with Crippen molar-refractivity contribution < 1.29 is 4.79 Å². The molecule has 3 rings (SSSR count). The highest BCUT2D eigenvalue weighted by atomic mass is 16.2. The summed E-state index contributed by atoms with van der Waals surface area (Å²) in [6.45, 7) is 7.56. The predicted octanol–water partition coefficient (Wildman–Crippen LogP) is 4.80. The van der Waals surface area contributed by atoms with E-state index < -0.39 is 0 Å². The number of carbonyl (C=O) groups is 1. The first-order valence-corrected chi connectivity index (χ1v) is 9.77. The molecule has 0 bridgehead atoms. The van der Waals surface area contributed by atoms with E-state index in [9.17, 15) is 4.79 Å². The number of rotatable bonds is 8. The molecular formula is C23H30N2O. The molecule has 0 saturated carbocycles. The molecule has 1 aliphatic rings. The van der Waals surface area contributed by atoms with Crippen LogP contribution >= 0.6 is 0 Å². The van der Waals surface area contributed by atoms with Gasteiger partial charge in [-0.05, 0) is 50.3 Å². The summed E-state index contributed by atoms with van der Waals surface area (Å²) in [6, 6.07) is 18.7. The van der Waals surface area contributed by atoms with Crippen LogP contribution in [0.5, 0.6) is 0 Å². The molecule has 0 spiro atoms. The molecule has 2 unspecified atom stereocenters. The zero-order valence-electron chi connectivity index (χ0n) is 16.1. The Balaban J connectivity index is 1.73. The van der Waals surface area contributed by atoms with E-state index in [0.717, 1.165) is 36.9 Å². The standard InChI is InChI=1S/C23H30N2O/c1-17(2)15-16-24-22-20-11-7-8-12-21(20)23(26)25(22)18(3)13-14-19-9-5-4-6-10-19/h4-12,17-18,22,24H,13-16H2,1-3H3. The van der Waals surface area contributed by atoms with Crippen LogP contribution in [0.15, 0.2) is 54.6 Å². The minimum absolute atomic E-state index is 0.0109. The number of amides is 1. The summed E-state index contributed by atoms with van der Waals surface area (Å²) < 4.78 is 0.